The zero-order chi connectivity index (χ0) is 14.5. The monoisotopic (exact) mass is 281 g/mol. The van der Waals surface area contributed by atoms with Gasteiger partial charge >= 0.3 is 5.97 Å². The predicted octanol–water partition coefficient (Wildman–Crippen LogP) is 0.402. The molecule has 1 unspecified atom stereocenters. The van der Waals surface area contributed by atoms with Crippen LogP contribution in [-0.2, 0) is 11.3 Å². The van der Waals surface area contributed by atoms with Crippen LogP contribution in [-0.4, -0.2) is 69.2 Å². The smallest absolute Gasteiger partial charge is 0.341 e. The lowest BCUT2D eigenvalue weighted by Gasteiger charge is -2.37. The van der Waals surface area contributed by atoms with Gasteiger partial charge in [-0.25, -0.2) is 4.79 Å². The van der Waals surface area contributed by atoms with E-state index in [0.29, 0.717) is 18.2 Å². The van der Waals surface area contributed by atoms with Crippen molar-refractivity contribution in [3.63, 3.8) is 0 Å². The number of likely N-dealkylation sites (N-methyl/N-ethyl adjacent to an activating group) is 2. The summed E-state index contributed by atoms with van der Waals surface area (Å²) in [6, 6.07) is 2.22. The molecule has 0 aliphatic carbocycles. The Morgan fingerprint density at radius 3 is 3.05 bits per heavy atom. The van der Waals surface area contributed by atoms with E-state index < -0.39 is 0 Å². The van der Waals surface area contributed by atoms with E-state index in [1.807, 2.05) is 0 Å². The molecule has 0 saturated carbocycles. The molecule has 20 heavy (non-hydrogen) atoms. The fraction of sp³-hybridized carbons (Fsp3) is 0.643. The van der Waals surface area contributed by atoms with Crippen molar-refractivity contribution in [2.24, 2.45) is 0 Å². The van der Waals surface area contributed by atoms with E-state index in [-0.39, 0.29) is 5.97 Å². The van der Waals surface area contributed by atoms with E-state index in [0.717, 1.165) is 31.9 Å². The summed E-state index contributed by atoms with van der Waals surface area (Å²) in [6.45, 7) is 4.79. The average molecular weight is 281 g/mol. The first-order chi connectivity index (χ1) is 9.60. The quantitative estimate of drug-likeness (QED) is 0.789. The number of hydrogen-bond acceptors (Lipinski definition) is 6. The highest BCUT2D eigenvalue weighted by molar-refractivity contribution is 5.88. The molecule has 1 atom stereocenters. The Morgan fingerprint density at radius 2 is 2.30 bits per heavy atom. The van der Waals surface area contributed by atoms with Gasteiger partial charge in [0.05, 0.1) is 19.2 Å². The van der Waals surface area contributed by atoms with Crippen molar-refractivity contribution >= 4 is 5.97 Å². The molecule has 0 spiro atoms. The van der Waals surface area contributed by atoms with Gasteiger partial charge in [-0.2, -0.15) is 0 Å². The number of nitrogens with zero attached hydrogens (tertiary/aromatic N) is 2. The van der Waals surface area contributed by atoms with Crippen molar-refractivity contribution in [1.29, 1.82) is 0 Å². The first-order valence-electron chi connectivity index (χ1n) is 6.85. The van der Waals surface area contributed by atoms with Crippen LogP contribution in [0.25, 0.3) is 0 Å². The first-order valence-corrected chi connectivity index (χ1v) is 6.85. The van der Waals surface area contributed by atoms with Gasteiger partial charge < -0.3 is 19.4 Å². The summed E-state index contributed by atoms with van der Waals surface area (Å²) in [5, 5.41) is 3.38. The fourth-order valence-corrected chi connectivity index (χ4v) is 2.38. The summed E-state index contributed by atoms with van der Waals surface area (Å²) in [4.78, 5) is 16.0. The van der Waals surface area contributed by atoms with Gasteiger partial charge in [-0.05, 0) is 20.2 Å². The van der Waals surface area contributed by atoms with Gasteiger partial charge in [0.2, 0.25) is 0 Å². The third-order valence-corrected chi connectivity index (χ3v) is 3.73. The molecule has 6 nitrogen and oxygen atoms in total. The molecule has 1 fully saturated rings. The molecule has 0 amide bonds. The van der Waals surface area contributed by atoms with Crippen molar-refractivity contribution in [3.8, 4) is 0 Å². The summed E-state index contributed by atoms with van der Waals surface area (Å²) < 4.78 is 9.98. The van der Waals surface area contributed by atoms with Crippen molar-refractivity contribution in [2.45, 2.75) is 12.6 Å². The van der Waals surface area contributed by atoms with Crippen LogP contribution in [0.4, 0.5) is 0 Å². The third-order valence-electron chi connectivity index (χ3n) is 3.73. The molecule has 0 radical (unpaired) electrons. The molecule has 1 saturated heterocycles. The molecule has 2 heterocycles. The second kappa shape index (κ2) is 6.88. The van der Waals surface area contributed by atoms with Crippen LogP contribution in [0.5, 0.6) is 0 Å². The lowest BCUT2D eigenvalue weighted by Crippen LogP contribution is -2.53. The molecule has 0 aromatic carbocycles. The van der Waals surface area contributed by atoms with E-state index in [2.05, 4.69) is 33.9 Å². The van der Waals surface area contributed by atoms with Crippen LogP contribution in [0.3, 0.4) is 0 Å². The number of piperazine rings is 1. The maximum atomic E-state index is 11.3. The van der Waals surface area contributed by atoms with Crippen molar-refractivity contribution < 1.29 is 13.9 Å². The van der Waals surface area contributed by atoms with Gasteiger partial charge in [0, 0.05) is 32.2 Å². The summed E-state index contributed by atoms with van der Waals surface area (Å²) in [7, 11) is 5.67. The number of carbonyl (C=O) groups is 1. The van der Waals surface area contributed by atoms with Crippen LogP contribution in [0.15, 0.2) is 16.7 Å². The minimum absolute atomic E-state index is 0.367. The number of esters is 1. The normalized spacial score (nSPS) is 21.1. The minimum Gasteiger partial charge on any atom is -0.467 e. The highest BCUT2D eigenvalue weighted by Gasteiger charge is 2.21. The van der Waals surface area contributed by atoms with Gasteiger partial charge in [0.1, 0.15) is 12.0 Å². The van der Waals surface area contributed by atoms with E-state index >= 15 is 0 Å². The molecule has 0 bridgehead atoms. The number of ether oxygens (including phenoxy) is 1. The van der Waals surface area contributed by atoms with Crippen LogP contribution >= 0.6 is 0 Å². The lowest BCUT2D eigenvalue weighted by molar-refractivity contribution is 0.0600. The highest BCUT2D eigenvalue weighted by atomic mass is 16.5. The Hall–Kier alpha value is -1.37. The average Bonchev–Trinajstić information content (AvgIpc) is 2.90. The van der Waals surface area contributed by atoms with Gasteiger partial charge in [0.25, 0.3) is 0 Å². The van der Waals surface area contributed by atoms with Gasteiger partial charge in [-0.3, -0.25) is 4.90 Å². The zero-order valence-corrected chi connectivity index (χ0v) is 12.4. The fourth-order valence-electron chi connectivity index (χ4n) is 2.38. The summed E-state index contributed by atoms with van der Waals surface area (Å²) >= 11 is 0. The maximum absolute atomic E-state index is 11.3. The maximum Gasteiger partial charge on any atom is 0.341 e. The second-order valence-corrected chi connectivity index (χ2v) is 5.32. The molecule has 112 valence electrons. The Bertz CT molecular complexity index is 447. The number of furan rings is 1. The Balaban J connectivity index is 1.77. The zero-order valence-electron chi connectivity index (χ0n) is 12.4. The number of methoxy groups -OCH3 is 1. The van der Waals surface area contributed by atoms with Crippen molar-refractivity contribution in [3.05, 3.63) is 23.7 Å². The van der Waals surface area contributed by atoms with Gasteiger partial charge in [0.15, 0.2) is 0 Å². The highest BCUT2D eigenvalue weighted by Crippen LogP contribution is 2.09. The minimum atomic E-state index is -0.367. The van der Waals surface area contributed by atoms with E-state index in [1.165, 1.54) is 13.4 Å². The number of hydrogen-bond donors (Lipinski definition) is 1. The molecule has 1 aromatic rings. The van der Waals surface area contributed by atoms with Gasteiger partial charge in [-0.1, -0.05) is 0 Å². The van der Waals surface area contributed by atoms with Crippen LogP contribution in [0, 0.1) is 0 Å². The van der Waals surface area contributed by atoms with E-state index in [1.54, 1.807) is 6.07 Å². The summed E-state index contributed by atoms with van der Waals surface area (Å²) in [5.74, 6) is 0.380. The molecule has 6 heteroatoms. The number of rotatable bonds is 5. The lowest BCUT2D eigenvalue weighted by atomic mass is 10.2. The third kappa shape index (κ3) is 3.82. The Labute approximate surface area is 119 Å². The first kappa shape index (κ1) is 15.0. The van der Waals surface area contributed by atoms with Gasteiger partial charge in [-0.15, -0.1) is 0 Å². The molecule has 1 aromatic heterocycles. The molecule has 1 aliphatic rings. The predicted molar refractivity (Wildman–Crippen MR) is 75.7 cm³/mol. The van der Waals surface area contributed by atoms with Crippen LogP contribution < -0.4 is 5.32 Å². The van der Waals surface area contributed by atoms with E-state index in [4.69, 9.17) is 4.42 Å². The standard InChI is InChI=1S/C14H23N3O3/c1-16-4-5-17(2)12(9-16)7-15-8-13-6-11(10-20-13)14(18)19-3/h6,10,12,15H,4-5,7-9H2,1-3H3. The van der Waals surface area contributed by atoms with Crippen LogP contribution in [0.1, 0.15) is 16.1 Å². The van der Waals surface area contributed by atoms with Crippen molar-refractivity contribution in [2.75, 3.05) is 47.4 Å². The SMILES string of the molecule is COC(=O)c1coc(CNCC2CN(C)CCN2C)c1. The van der Waals surface area contributed by atoms with Crippen molar-refractivity contribution in [1.82, 2.24) is 15.1 Å². The van der Waals surface area contributed by atoms with Crippen LogP contribution in [0.2, 0.25) is 0 Å². The Morgan fingerprint density at radius 1 is 1.50 bits per heavy atom. The number of carbonyl (C=O) groups excluding carboxylic acids is 1. The molecule has 1 N–H and O–H groups in total. The summed E-state index contributed by atoms with van der Waals surface area (Å²) in [6.07, 6.45) is 1.43. The largest absolute Gasteiger partial charge is 0.467 e. The summed E-state index contributed by atoms with van der Waals surface area (Å²) in [5.41, 5.74) is 0.457. The Kier molecular flexibility index (Phi) is 5.17. The molecule has 2 rings (SSSR count). The molecular formula is C14H23N3O3. The number of nitrogens with one attached hydrogen (secondary N) is 1. The topological polar surface area (TPSA) is 58.0 Å². The molecule has 1 aliphatic heterocycles. The van der Waals surface area contributed by atoms with E-state index in [9.17, 15) is 4.79 Å². The molecular weight excluding hydrogens is 258 g/mol. The second-order valence-electron chi connectivity index (χ2n) is 5.32.